The topological polar surface area (TPSA) is 58.6 Å². The predicted octanol–water partition coefficient (Wildman–Crippen LogP) is 1.71. The van der Waals surface area contributed by atoms with E-state index in [4.69, 9.17) is 4.74 Å². The molecule has 21 heavy (non-hydrogen) atoms. The first-order valence-corrected chi connectivity index (χ1v) is 8.30. The molecule has 2 amide bonds. The van der Waals surface area contributed by atoms with Gasteiger partial charge in [0.15, 0.2) is 0 Å². The summed E-state index contributed by atoms with van der Waals surface area (Å²) in [6, 6.07) is 0.190. The van der Waals surface area contributed by atoms with Crippen LogP contribution in [0.5, 0.6) is 0 Å². The molecular weight excluding hydrogens is 268 g/mol. The Hall–Kier alpha value is -1.10. The molecule has 0 spiro atoms. The second-order valence-electron chi connectivity index (χ2n) is 6.32. The summed E-state index contributed by atoms with van der Waals surface area (Å²) in [6.45, 7) is 4.08. The minimum absolute atomic E-state index is 0.00462. The van der Waals surface area contributed by atoms with E-state index < -0.39 is 0 Å². The molecule has 1 atom stereocenters. The van der Waals surface area contributed by atoms with E-state index in [9.17, 15) is 9.59 Å². The summed E-state index contributed by atoms with van der Waals surface area (Å²) in [6.07, 6.45) is 7.52. The van der Waals surface area contributed by atoms with E-state index in [2.05, 4.69) is 5.32 Å². The summed E-state index contributed by atoms with van der Waals surface area (Å²) in [4.78, 5) is 26.0. The van der Waals surface area contributed by atoms with Gasteiger partial charge in [0, 0.05) is 25.6 Å². The molecule has 1 N–H and O–H groups in total. The third-order valence-electron chi connectivity index (χ3n) is 4.64. The molecule has 0 aromatic carbocycles. The molecule has 1 saturated heterocycles. The highest BCUT2D eigenvalue weighted by atomic mass is 16.5. The molecule has 1 aliphatic heterocycles. The van der Waals surface area contributed by atoms with Gasteiger partial charge in [0.1, 0.15) is 0 Å². The second kappa shape index (κ2) is 8.37. The molecule has 1 unspecified atom stereocenters. The highest BCUT2D eigenvalue weighted by Crippen LogP contribution is 2.25. The fraction of sp³-hybridized carbons (Fsp3) is 0.875. The normalized spacial score (nSPS) is 24.4. The summed E-state index contributed by atoms with van der Waals surface area (Å²) in [5, 5.41) is 2.80. The van der Waals surface area contributed by atoms with Crippen molar-refractivity contribution in [3.05, 3.63) is 0 Å². The van der Waals surface area contributed by atoms with E-state index in [-0.39, 0.29) is 24.4 Å². The van der Waals surface area contributed by atoms with Gasteiger partial charge in [-0.3, -0.25) is 9.59 Å². The maximum atomic E-state index is 12.2. The number of nitrogens with zero attached hydrogens (tertiary/aromatic N) is 1. The summed E-state index contributed by atoms with van der Waals surface area (Å²) in [5.41, 5.74) is 0. The van der Waals surface area contributed by atoms with Gasteiger partial charge in [0.05, 0.1) is 13.2 Å². The van der Waals surface area contributed by atoms with Gasteiger partial charge in [0.25, 0.3) is 0 Å². The number of carbonyl (C=O) groups is 2. The third kappa shape index (κ3) is 5.30. The standard InChI is InChI=1S/C16H28N2O3/c1-13-7-9-21-10-8-18(13)16(20)12-17-15(19)11-14-5-3-2-4-6-14/h13-14H,2-12H2,1H3,(H,17,19). The van der Waals surface area contributed by atoms with Gasteiger partial charge in [-0.25, -0.2) is 0 Å². The Labute approximate surface area is 127 Å². The van der Waals surface area contributed by atoms with E-state index >= 15 is 0 Å². The summed E-state index contributed by atoms with van der Waals surface area (Å²) in [7, 11) is 0. The van der Waals surface area contributed by atoms with Crippen LogP contribution in [-0.2, 0) is 14.3 Å². The van der Waals surface area contributed by atoms with Gasteiger partial charge >= 0.3 is 0 Å². The summed E-state index contributed by atoms with van der Waals surface area (Å²) >= 11 is 0. The van der Waals surface area contributed by atoms with Gasteiger partial charge in [-0.1, -0.05) is 19.3 Å². The molecule has 0 bridgehead atoms. The van der Waals surface area contributed by atoms with Gasteiger partial charge in [-0.05, 0) is 32.1 Å². The molecule has 1 saturated carbocycles. The Morgan fingerprint density at radius 1 is 1.14 bits per heavy atom. The molecule has 1 aliphatic carbocycles. The minimum atomic E-state index is 0.00462. The smallest absolute Gasteiger partial charge is 0.242 e. The fourth-order valence-electron chi connectivity index (χ4n) is 3.27. The lowest BCUT2D eigenvalue weighted by Gasteiger charge is -2.26. The van der Waals surface area contributed by atoms with Crippen LogP contribution in [0.25, 0.3) is 0 Å². The highest BCUT2D eigenvalue weighted by Gasteiger charge is 2.23. The number of ether oxygens (including phenoxy) is 1. The lowest BCUT2D eigenvalue weighted by Crippen LogP contribution is -2.45. The number of hydrogen-bond donors (Lipinski definition) is 1. The fourth-order valence-corrected chi connectivity index (χ4v) is 3.27. The molecular formula is C16H28N2O3. The lowest BCUT2D eigenvalue weighted by molar-refractivity contribution is -0.134. The predicted molar refractivity (Wildman–Crippen MR) is 80.8 cm³/mol. The van der Waals surface area contributed by atoms with Crippen LogP contribution in [0.15, 0.2) is 0 Å². The van der Waals surface area contributed by atoms with Crippen LogP contribution in [0, 0.1) is 5.92 Å². The molecule has 5 heteroatoms. The molecule has 0 radical (unpaired) electrons. The van der Waals surface area contributed by atoms with Gasteiger partial charge in [-0.15, -0.1) is 0 Å². The van der Waals surface area contributed by atoms with Crippen molar-refractivity contribution in [3.63, 3.8) is 0 Å². The average molecular weight is 296 g/mol. The number of nitrogens with one attached hydrogen (secondary N) is 1. The largest absolute Gasteiger partial charge is 0.380 e. The first-order chi connectivity index (χ1) is 10.2. The van der Waals surface area contributed by atoms with Crippen LogP contribution >= 0.6 is 0 Å². The molecule has 2 rings (SSSR count). The molecule has 2 aliphatic rings. The molecule has 2 fully saturated rings. The van der Waals surface area contributed by atoms with E-state index in [1.54, 1.807) is 0 Å². The highest BCUT2D eigenvalue weighted by molar-refractivity contribution is 5.85. The van der Waals surface area contributed by atoms with Crippen molar-refractivity contribution in [3.8, 4) is 0 Å². The quantitative estimate of drug-likeness (QED) is 0.859. The first-order valence-electron chi connectivity index (χ1n) is 8.30. The Bertz CT molecular complexity index is 353. The molecule has 5 nitrogen and oxygen atoms in total. The molecule has 0 aromatic heterocycles. The summed E-state index contributed by atoms with van der Waals surface area (Å²) in [5.74, 6) is 0.540. The van der Waals surface area contributed by atoms with Crippen LogP contribution in [0.2, 0.25) is 0 Å². The number of carbonyl (C=O) groups excluding carboxylic acids is 2. The number of amides is 2. The van der Waals surface area contributed by atoms with E-state index in [1.165, 1.54) is 19.3 Å². The first kappa shape index (κ1) is 16.3. The molecule has 0 aromatic rings. The molecule has 120 valence electrons. The molecule has 1 heterocycles. The number of rotatable bonds is 4. The SMILES string of the molecule is CC1CCOCCN1C(=O)CNC(=O)CC1CCCCC1. The zero-order valence-electron chi connectivity index (χ0n) is 13.1. The monoisotopic (exact) mass is 296 g/mol. The Morgan fingerprint density at radius 3 is 2.67 bits per heavy atom. The van der Waals surface area contributed by atoms with Crippen molar-refractivity contribution in [2.75, 3.05) is 26.3 Å². The van der Waals surface area contributed by atoms with E-state index in [0.29, 0.717) is 32.1 Å². The van der Waals surface area contributed by atoms with Crippen LogP contribution in [-0.4, -0.2) is 49.1 Å². The minimum Gasteiger partial charge on any atom is -0.380 e. The van der Waals surface area contributed by atoms with Gasteiger partial charge in [0.2, 0.25) is 11.8 Å². The Balaban J connectivity index is 1.70. The van der Waals surface area contributed by atoms with E-state index in [1.807, 2.05) is 11.8 Å². The van der Waals surface area contributed by atoms with E-state index in [0.717, 1.165) is 19.3 Å². The maximum Gasteiger partial charge on any atom is 0.242 e. The van der Waals surface area contributed by atoms with Crippen molar-refractivity contribution < 1.29 is 14.3 Å². The van der Waals surface area contributed by atoms with Crippen molar-refractivity contribution in [1.82, 2.24) is 10.2 Å². The van der Waals surface area contributed by atoms with Gasteiger partial charge < -0.3 is 15.0 Å². The van der Waals surface area contributed by atoms with Crippen LogP contribution < -0.4 is 5.32 Å². The second-order valence-corrected chi connectivity index (χ2v) is 6.32. The van der Waals surface area contributed by atoms with Crippen molar-refractivity contribution in [2.24, 2.45) is 5.92 Å². The number of hydrogen-bond acceptors (Lipinski definition) is 3. The third-order valence-corrected chi connectivity index (χ3v) is 4.64. The zero-order chi connectivity index (χ0) is 15.1. The van der Waals surface area contributed by atoms with Crippen LogP contribution in [0.4, 0.5) is 0 Å². The zero-order valence-corrected chi connectivity index (χ0v) is 13.1. The van der Waals surface area contributed by atoms with Crippen molar-refractivity contribution in [1.29, 1.82) is 0 Å². The lowest BCUT2D eigenvalue weighted by atomic mass is 9.87. The Kier molecular flexibility index (Phi) is 6.49. The Morgan fingerprint density at radius 2 is 1.90 bits per heavy atom. The maximum absolute atomic E-state index is 12.2. The van der Waals surface area contributed by atoms with Crippen LogP contribution in [0.3, 0.4) is 0 Å². The summed E-state index contributed by atoms with van der Waals surface area (Å²) < 4.78 is 5.39. The average Bonchev–Trinajstić information content (AvgIpc) is 2.70. The van der Waals surface area contributed by atoms with Crippen LogP contribution in [0.1, 0.15) is 51.9 Å². The van der Waals surface area contributed by atoms with Crippen molar-refractivity contribution in [2.45, 2.75) is 57.9 Å². The van der Waals surface area contributed by atoms with Gasteiger partial charge in [-0.2, -0.15) is 0 Å². The van der Waals surface area contributed by atoms with Crippen molar-refractivity contribution >= 4 is 11.8 Å².